The molecule has 0 aliphatic carbocycles. The SMILES string of the molecule is C[C@@H](NC(=O)OC(C)(C)C)C(=O)OCCCNc1nc2cc(F)ccc2n2ccnc12. The zero-order chi connectivity index (χ0) is 22.6. The predicted octanol–water partition coefficient (Wildman–Crippen LogP) is 3.28. The number of anilines is 1. The first-order valence-electron chi connectivity index (χ1n) is 9.96. The largest absolute Gasteiger partial charge is 0.464 e. The van der Waals surface area contributed by atoms with E-state index in [2.05, 4.69) is 20.6 Å². The van der Waals surface area contributed by atoms with Crippen LogP contribution in [-0.4, -0.2) is 51.2 Å². The number of imidazole rings is 1. The summed E-state index contributed by atoms with van der Waals surface area (Å²) in [4.78, 5) is 32.5. The number of halogens is 1. The lowest BCUT2D eigenvalue weighted by atomic mass is 10.2. The highest BCUT2D eigenvalue weighted by atomic mass is 19.1. The quantitative estimate of drug-likeness (QED) is 0.437. The standard InChI is InChI=1S/C21H26FN5O4/c1-13(25-20(29)31-21(2,3)4)19(28)30-11-5-8-23-17-18-24-9-10-27(18)16-7-6-14(22)12-15(16)26-17/h6-7,9-10,12-13H,5,8,11H2,1-4H3,(H,23,26)(H,25,29)/t13-/m1/s1. The highest BCUT2D eigenvalue weighted by Crippen LogP contribution is 2.21. The Hall–Kier alpha value is -3.43. The summed E-state index contributed by atoms with van der Waals surface area (Å²) in [6.45, 7) is 7.34. The van der Waals surface area contributed by atoms with Crippen LogP contribution in [0, 0.1) is 5.82 Å². The van der Waals surface area contributed by atoms with Gasteiger partial charge in [-0.15, -0.1) is 0 Å². The van der Waals surface area contributed by atoms with Crippen LogP contribution in [0.2, 0.25) is 0 Å². The van der Waals surface area contributed by atoms with E-state index in [0.717, 1.165) is 5.52 Å². The highest BCUT2D eigenvalue weighted by molar-refractivity contribution is 5.83. The van der Waals surface area contributed by atoms with Gasteiger partial charge in [0.15, 0.2) is 11.5 Å². The molecule has 2 aromatic heterocycles. The molecule has 3 rings (SSSR count). The summed E-state index contributed by atoms with van der Waals surface area (Å²) in [5, 5.41) is 5.59. The number of carbonyl (C=O) groups is 2. The monoisotopic (exact) mass is 431 g/mol. The van der Waals surface area contributed by atoms with Crippen molar-refractivity contribution in [3.63, 3.8) is 0 Å². The van der Waals surface area contributed by atoms with Crippen molar-refractivity contribution in [2.24, 2.45) is 0 Å². The number of amides is 1. The van der Waals surface area contributed by atoms with Gasteiger partial charge in [0, 0.05) is 25.0 Å². The van der Waals surface area contributed by atoms with Crippen molar-refractivity contribution >= 4 is 34.6 Å². The van der Waals surface area contributed by atoms with Crippen LogP contribution in [0.25, 0.3) is 16.7 Å². The third kappa shape index (κ3) is 5.80. The number of carbonyl (C=O) groups excluding carboxylic acids is 2. The average Bonchev–Trinajstić information content (AvgIpc) is 3.15. The molecule has 2 N–H and O–H groups in total. The Bertz CT molecular complexity index is 1090. The van der Waals surface area contributed by atoms with Gasteiger partial charge in [0.1, 0.15) is 17.5 Å². The fourth-order valence-corrected chi connectivity index (χ4v) is 2.87. The highest BCUT2D eigenvalue weighted by Gasteiger charge is 2.21. The van der Waals surface area contributed by atoms with Gasteiger partial charge in [0.25, 0.3) is 0 Å². The van der Waals surface area contributed by atoms with Crippen LogP contribution in [0.1, 0.15) is 34.1 Å². The summed E-state index contributed by atoms with van der Waals surface area (Å²) in [7, 11) is 0. The van der Waals surface area contributed by atoms with Gasteiger partial charge < -0.3 is 20.1 Å². The molecular formula is C21H26FN5O4. The minimum absolute atomic E-state index is 0.152. The molecule has 0 unspecified atom stereocenters. The fourth-order valence-electron chi connectivity index (χ4n) is 2.87. The molecule has 9 nitrogen and oxygen atoms in total. The molecule has 1 amide bonds. The minimum atomic E-state index is -0.829. The van der Waals surface area contributed by atoms with Crippen molar-refractivity contribution in [3.8, 4) is 0 Å². The molecular weight excluding hydrogens is 405 g/mol. The van der Waals surface area contributed by atoms with Crippen LogP contribution in [0.15, 0.2) is 30.6 Å². The molecule has 31 heavy (non-hydrogen) atoms. The number of alkyl carbamates (subject to hydrolysis) is 1. The Labute approximate surface area is 179 Å². The third-order valence-electron chi connectivity index (χ3n) is 4.23. The lowest BCUT2D eigenvalue weighted by Crippen LogP contribution is -2.42. The van der Waals surface area contributed by atoms with Crippen LogP contribution in [0.4, 0.5) is 15.0 Å². The second-order valence-corrected chi connectivity index (χ2v) is 8.03. The number of benzene rings is 1. The van der Waals surface area contributed by atoms with Crippen LogP contribution in [0.3, 0.4) is 0 Å². The molecule has 0 radical (unpaired) electrons. The van der Waals surface area contributed by atoms with Crippen molar-refractivity contribution < 1.29 is 23.5 Å². The van der Waals surface area contributed by atoms with Gasteiger partial charge >= 0.3 is 12.1 Å². The van der Waals surface area contributed by atoms with Crippen LogP contribution in [0.5, 0.6) is 0 Å². The zero-order valence-corrected chi connectivity index (χ0v) is 17.9. The number of esters is 1. The van der Waals surface area contributed by atoms with Crippen molar-refractivity contribution in [1.82, 2.24) is 19.7 Å². The lowest BCUT2D eigenvalue weighted by Gasteiger charge is -2.21. The van der Waals surface area contributed by atoms with E-state index in [-0.39, 0.29) is 12.4 Å². The van der Waals surface area contributed by atoms with E-state index in [9.17, 15) is 14.0 Å². The third-order valence-corrected chi connectivity index (χ3v) is 4.23. The second kappa shape index (κ2) is 9.15. The summed E-state index contributed by atoms with van der Waals surface area (Å²) in [6, 6.07) is 3.57. The second-order valence-electron chi connectivity index (χ2n) is 8.03. The summed E-state index contributed by atoms with van der Waals surface area (Å²) < 4.78 is 25.7. The minimum Gasteiger partial charge on any atom is -0.464 e. The average molecular weight is 431 g/mol. The molecule has 0 bridgehead atoms. The molecule has 0 fully saturated rings. The Morgan fingerprint density at radius 2 is 2.06 bits per heavy atom. The number of nitrogens with zero attached hydrogens (tertiary/aromatic N) is 3. The summed E-state index contributed by atoms with van der Waals surface area (Å²) >= 11 is 0. The van der Waals surface area contributed by atoms with E-state index in [1.54, 1.807) is 39.2 Å². The van der Waals surface area contributed by atoms with Crippen molar-refractivity contribution in [3.05, 3.63) is 36.4 Å². The smallest absolute Gasteiger partial charge is 0.408 e. The van der Waals surface area contributed by atoms with Gasteiger partial charge in [-0.3, -0.25) is 4.40 Å². The van der Waals surface area contributed by atoms with E-state index in [1.165, 1.54) is 19.1 Å². The number of aromatic nitrogens is 3. The molecule has 10 heteroatoms. The number of rotatable bonds is 7. The van der Waals surface area contributed by atoms with Gasteiger partial charge in [-0.1, -0.05) is 0 Å². The molecule has 0 saturated heterocycles. The molecule has 3 aromatic rings. The molecule has 0 spiro atoms. The van der Waals surface area contributed by atoms with Crippen LogP contribution >= 0.6 is 0 Å². The Morgan fingerprint density at radius 1 is 1.29 bits per heavy atom. The molecule has 1 aromatic carbocycles. The predicted molar refractivity (Wildman–Crippen MR) is 113 cm³/mol. The maximum atomic E-state index is 13.6. The molecule has 1 atom stereocenters. The van der Waals surface area contributed by atoms with Crippen molar-refractivity contribution in [2.75, 3.05) is 18.5 Å². The van der Waals surface area contributed by atoms with Gasteiger partial charge in [-0.25, -0.2) is 23.9 Å². The van der Waals surface area contributed by atoms with Gasteiger partial charge in [0.05, 0.1) is 17.6 Å². The van der Waals surface area contributed by atoms with E-state index in [4.69, 9.17) is 9.47 Å². The normalized spacial score (nSPS) is 12.5. The molecule has 0 saturated carbocycles. The molecule has 0 aliphatic heterocycles. The Morgan fingerprint density at radius 3 is 2.81 bits per heavy atom. The van der Waals surface area contributed by atoms with Gasteiger partial charge in [0.2, 0.25) is 0 Å². The first-order valence-corrected chi connectivity index (χ1v) is 9.96. The maximum absolute atomic E-state index is 13.6. The maximum Gasteiger partial charge on any atom is 0.408 e. The number of fused-ring (bicyclic) bond motifs is 3. The first kappa shape index (κ1) is 22.3. The molecule has 2 heterocycles. The van der Waals surface area contributed by atoms with Gasteiger partial charge in [-0.2, -0.15) is 0 Å². The topological polar surface area (TPSA) is 107 Å². The van der Waals surface area contributed by atoms with Crippen LogP contribution < -0.4 is 10.6 Å². The lowest BCUT2D eigenvalue weighted by molar-refractivity contribution is -0.145. The van der Waals surface area contributed by atoms with Gasteiger partial charge in [-0.05, 0) is 46.2 Å². The Kier molecular flexibility index (Phi) is 6.57. The molecule has 166 valence electrons. The van der Waals surface area contributed by atoms with E-state index in [0.29, 0.717) is 29.9 Å². The van der Waals surface area contributed by atoms with E-state index >= 15 is 0 Å². The van der Waals surface area contributed by atoms with Crippen molar-refractivity contribution in [1.29, 1.82) is 0 Å². The van der Waals surface area contributed by atoms with Crippen LogP contribution in [-0.2, 0) is 14.3 Å². The number of hydrogen-bond acceptors (Lipinski definition) is 7. The fraction of sp³-hybridized carbons (Fsp3) is 0.429. The molecule has 0 aliphatic rings. The summed E-state index contributed by atoms with van der Waals surface area (Å²) in [5.74, 6) is -0.415. The summed E-state index contributed by atoms with van der Waals surface area (Å²) in [5.41, 5.74) is 1.22. The summed E-state index contributed by atoms with van der Waals surface area (Å²) in [6.07, 6.45) is 3.25. The first-order chi connectivity index (χ1) is 14.6. The van der Waals surface area contributed by atoms with E-state index in [1.807, 2.05) is 4.40 Å². The zero-order valence-electron chi connectivity index (χ0n) is 17.9. The van der Waals surface area contributed by atoms with E-state index < -0.39 is 23.7 Å². The number of nitrogens with one attached hydrogen (secondary N) is 2. The van der Waals surface area contributed by atoms with Crippen molar-refractivity contribution in [2.45, 2.75) is 45.8 Å². The Balaban J connectivity index is 1.49. The number of ether oxygens (including phenoxy) is 2. The number of hydrogen-bond donors (Lipinski definition) is 2.